The van der Waals surface area contributed by atoms with Crippen molar-refractivity contribution < 1.29 is 19.1 Å². The summed E-state index contributed by atoms with van der Waals surface area (Å²) >= 11 is 0. The standard InChI is InChI=1S/C26H26N2O4/c1-18-11-13-21(14-12-18)24(28-19(2)29)16-25(30)32-23-10-6-9-22(15-23)26(31)27-17-20-7-4-3-5-8-20/h3-15,24H,16-17H2,1-2H3,(H,27,31)(H,28,29). The molecule has 3 aromatic carbocycles. The van der Waals surface area contributed by atoms with Gasteiger partial charge in [0.2, 0.25) is 5.91 Å². The van der Waals surface area contributed by atoms with E-state index >= 15 is 0 Å². The average Bonchev–Trinajstić information content (AvgIpc) is 2.78. The second-order valence-corrected chi connectivity index (χ2v) is 7.54. The number of carbonyl (C=O) groups excluding carboxylic acids is 3. The number of esters is 1. The fourth-order valence-corrected chi connectivity index (χ4v) is 3.22. The number of ether oxygens (including phenoxy) is 1. The first kappa shape index (κ1) is 22.7. The Bertz CT molecular complexity index is 1080. The van der Waals surface area contributed by atoms with E-state index in [0.29, 0.717) is 12.1 Å². The smallest absolute Gasteiger partial charge is 0.313 e. The molecule has 3 rings (SSSR count). The van der Waals surface area contributed by atoms with Gasteiger partial charge in [0.05, 0.1) is 12.5 Å². The molecule has 0 aliphatic rings. The number of benzene rings is 3. The van der Waals surface area contributed by atoms with Crippen LogP contribution in [0.1, 0.15) is 46.4 Å². The minimum atomic E-state index is -0.508. The van der Waals surface area contributed by atoms with Crippen LogP contribution in [-0.4, -0.2) is 17.8 Å². The van der Waals surface area contributed by atoms with Crippen LogP contribution in [0.4, 0.5) is 0 Å². The second kappa shape index (κ2) is 10.9. The van der Waals surface area contributed by atoms with Gasteiger partial charge in [0, 0.05) is 19.0 Å². The maximum absolute atomic E-state index is 12.6. The summed E-state index contributed by atoms with van der Waals surface area (Å²) in [6.07, 6.45) is -0.0347. The van der Waals surface area contributed by atoms with Crippen LogP contribution in [0.2, 0.25) is 0 Å². The lowest BCUT2D eigenvalue weighted by Gasteiger charge is -2.18. The monoisotopic (exact) mass is 430 g/mol. The largest absolute Gasteiger partial charge is 0.426 e. The van der Waals surface area contributed by atoms with E-state index in [4.69, 9.17) is 4.74 Å². The number of amides is 2. The lowest BCUT2D eigenvalue weighted by molar-refractivity contribution is -0.135. The Morgan fingerprint density at radius 2 is 1.62 bits per heavy atom. The van der Waals surface area contributed by atoms with Gasteiger partial charge in [0.15, 0.2) is 0 Å². The molecule has 0 fully saturated rings. The molecule has 0 aromatic heterocycles. The zero-order chi connectivity index (χ0) is 22.9. The molecule has 0 spiro atoms. The summed E-state index contributed by atoms with van der Waals surface area (Å²) in [7, 11) is 0. The highest BCUT2D eigenvalue weighted by molar-refractivity contribution is 5.94. The Kier molecular flexibility index (Phi) is 7.75. The number of carbonyl (C=O) groups is 3. The number of hydrogen-bond donors (Lipinski definition) is 2. The highest BCUT2D eigenvalue weighted by Crippen LogP contribution is 2.20. The van der Waals surface area contributed by atoms with Gasteiger partial charge in [-0.05, 0) is 36.2 Å². The molecule has 3 aromatic rings. The molecule has 164 valence electrons. The van der Waals surface area contributed by atoms with Gasteiger partial charge >= 0.3 is 5.97 Å². The third-order valence-corrected chi connectivity index (χ3v) is 4.85. The van der Waals surface area contributed by atoms with Crippen LogP contribution in [0.25, 0.3) is 0 Å². The fourth-order valence-electron chi connectivity index (χ4n) is 3.22. The molecule has 1 atom stereocenters. The molecule has 0 radical (unpaired) electrons. The van der Waals surface area contributed by atoms with Crippen molar-refractivity contribution in [3.05, 3.63) is 101 Å². The molecule has 0 saturated heterocycles. The summed E-state index contributed by atoms with van der Waals surface area (Å²) in [6.45, 7) is 3.77. The van der Waals surface area contributed by atoms with E-state index in [1.54, 1.807) is 18.2 Å². The quantitative estimate of drug-likeness (QED) is 0.416. The van der Waals surface area contributed by atoms with Crippen LogP contribution >= 0.6 is 0 Å². The number of aryl methyl sites for hydroxylation is 1. The van der Waals surface area contributed by atoms with Crippen LogP contribution in [0.5, 0.6) is 5.75 Å². The summed E-state index contributed by atoms with van der Waals surface area (Å²) in [5, 5.41) is 5.64. The average molecular weight is 431 g/mol. The first-order chi connectivity index (χ1) is 15.4. The maximum Gasteiger partial charge on any atom is 0.313 e. The van der Waals surface area contributed by atoms with Crippen LogP contribution < -0.4 is 15.4 Å². The first-order valence-corrected chi connectivity index (χ1v) is 10.4. The van der Waals surface area contributed by atoms with E-state index in [2.05, 4.69) is 10.6 Å². The van der Waals surface area contributed by atoms with Crippen molar-refractivity contribution in [2.45, 2.75) is 32.9 Å². The predicted octanol–water partition coefficient (Wildman–Crippen LogP) is 4.10. The molecule has 0 aliphatic carbocycles. The molecule has 32 heavy (non-hydrogen) atoms. The van der Waals surface area contributed by atoms with Gasteiger partial charge in [0.1, 0.15) is 5.75 Å². The van der Waals surface area contributed by atoms with Gasteiger partial charge in [0.25, 0.3) is 5.91 Å². The Morgan fingerprint density at radius 1 is 0.906 bits per heavy atom. The van der Waals surface area contributed by atoms with E-state index in [9.17, 15) is 14.4 Å². The Labute approximate surface area is 187 Å². The zero-order valence-corrected chi connectivity index (χ0v) is 18.1. The highest BCUT2D eigenvalue weighted by Gasteiger charge is 2.19. The third-order valence-electron chi connectivity index (χ3n) is 4.85. The van der Waals surface area contributed by atoms with Gasteiger partial charge in [-0.3, -0.25) is 14.4 Å². The van der Waals surface area contributed by atoms with Crippen molar-refractivity contribution in [2.24, 2.45) is 0 Å². The van der Waals surface area contributed by atoms with E-state index in [0.717, 1.165) is 16.7 Å². The zero-order valence-electron chi connectivity index (χ0n) is 18.1. The number of hydrogen-bond acceptors (Lipinski definition) is 4. The van der Waals surface area contributed by atoms with Crippen molar-refractivity contribution in [1.29, 1.82) is 0 Å². The minimum Gasteiger partial charge on any atom is -0.426 e. The van der Waals surface area contributed by atoms with Crippen LogP contribution in [0.3, 0.4) is 0 Å². The summed E-state index contributed by atoms with van der Waals surface area (Å²) < 4.78 is 5.46. The highest BCUT2D eigenvalue weighted by atomic mass is 16.5. The molecule has 2 N–H and O–H groups in total. The Balaban J connectivity index is 1.63. The van der Waals surface area contributed by atoms with Gasteiger partial charge in [-0.25, -0.2) is 0 Å². The van der Waals surface area contributed by atoms with Crippen molar-refractivity contribution in [3.63, 3.8) is 0 Å². The second-order valence-electron chi connectivity index (χ2n) is 7.54. The predicted molar refractivity (Wildman–Crippen MR) is 122 cm³/mol. The molecule has 6 heteroatoms. The van der Waals surface area contributed by atoms with E-state index in [1.165, 1.54) is 13.0 Å². The SMILES string of the molecule is CC(=O)NC(CC(=O)Oc1cccc(C(=O)NCc2ccccc2)c1)c1ccc(C)cc1. The molecule has 0 saturated carbocycles. The van der Waals surface area contributed by atoms with Crippen molar-refractivity contribution in [1.82, 2.24) is 10.6 Å². The lowest BCUT2D eigenvalue weighted by Crippen LogP contribution is -2.29. The van der Waals surface area contributed by atoms with Crippen LogP contribution in [0, 0.1) is 6.92 Å². The van der Waals surface area contributed by atoms with Gasteiger partial charge < -0.3 is 15.4 Å². The van der Waals surface area contributed by atoms with E-state index in [-0.39, 0.29) is 24.0 Å². The molecule has 2 amide bonds. The molecule has 6 nitrogen and oxygen atoms in total. The normalized spacial score (nSPS) is 11.3. The fraction of sp³-hybridized carbons (Fsp3) is 0.192. The third kappa shape index (κ3) is 6.80. The Morgan fingerprint density at radius 3 is 2.31 bits per heavy atom. The summed E-state index contributed by atoms with van der Waals surface area (Å²) in [5.74, 6) is -0.734. The molecular weight excluding hydrogens is 404 g/mol. The summed E-state index contributed by atoms with van der Waals surface area (Å²) in [6, 6.07) is 23.1. The first-order valence-electron chi connectivity index (χ1n) is 10.4. The minimum absolute atomic E-state index is 0.0347. The van der Waals surface area contributed by atoms with Gasteiger partial charge in [-0.2, -0.15) is 0 Å². The number of nitrogens with one attached hydrogen (secondary N) is 2. The van der Waals surface area contributed by atoms with E-state index < -0.39 is 12.0 Å². The van der Waals surface area contributed by atoms with Crippen LogP contribution in [0.15, 0.2) is 78.9 Å². The van der Waals surface area contributed by atoms with Crippen LogP contribution in [-0.2, 0) is 16.1 Å². The molecule has 1 unspecified atom stereocenters. The van der Waals surface area contributed by atoms with Crippen molar-refractivity contribution in [3.8, 4) is 5.75 Å². The van der Waals surface area contributed by atoms with E-state index in [1.807, 2.05) is 61.5 Å². The summed E-state index contributed by atoms with van der Waals surface area (Å²) in [5.41, 5.74) is 3.28. The molecule has 0 aliphatic heterocycles. The number of rotatable bonds is 8. The molecule has 0 heterocycles. The Hall–Kier alpha value is -3.93. The lowest BCUT2D eigenvalue weighted by atomic mass is 10.0. The summed E-state index contributed by atoms with van der Waals surface area (Å²) in [4.78, 5) is 36.6. The molecular formula is C26H26N2O4. The van der Waals surface area contributed by atoms with Gasteiger partial charge in [-0.1, -0.05) is 66.2 Å². The maximum atomic E-state index is 12.6. The van der Waals surface area contributed by atoms with Crippen molar-refractivity contribution in [2.75, 3.05) is 0 Å². The topological polar surface area (TPSA) is 84.5 Å². The molecule has 0 bridgehead atoms. The van der Waals surface area contributed by atoms with Crippen molar-refractivity contribution >= 4 is 17.8 Å². The van der Waals surface area contributed by atoms with Gasteiger partial charge in [-0.15, -0.1) is 0 Å².